The molecule has 0 heteroatoms. The van der Waals surface area contributed by atoms with E-state index < -0.39 is 0 Å². The van der Waals surface area contributed by atoms with Crippen molar-refractivity contribution in [2.24, 2.45) is 40.9 Å². The van der Waals surface area contributed by atoms with Gasteiger partial charge in [-0.25, -0.2) is 0 Å². The highest BCUT2D eigenvalue weighted by Crippen LogP contribution is 2.82. The minimum atomic E-state index is 0. The van der Waals surface area contributed by atoms with Crippen molar-refractivity contribution in [1.29, 1.82) is 0 Å². The van der Waals surface area contributed by atoms with Crippen molar-refractivity contribution < 1.29 is 0 Å². The van der Waals surface area contributed by atoms with Crippen LogP contribution in [0.4, 0.5) is 0 Å². The van der Waals surface area contributed by atoms with Crippen molar-refractivity contribution in [3.05, 3.63) is 0 Å². The van der Waals surface area contributed by atoms with Crippen LogP contribution in [0.2, 0.25) is 0 Å². The highest BCUT2D eigenvalue weighted by atomic mass is 14.8. The first kappa shape index (κ1) is 9.55. The van der Waals surface area contributed by atoms with Crippen LogP contribution in [0.3, 0.4) is 0 Å². The van der Waals surface area contributed by atoms with Crippen molar-refractivity contribution in [2.45, 2.75) is 41.5 Å². The molecule has 0 N–H and O–H groups in total. The summed E-state index contributed by atoms with van der Waals surface area (Å²) in [5.41, 5.74) is 0.860. The van der Waals surface area contributed by atoms with Crippen molar-refractivity contribution >= 4 is 0 Å². The van der Waals surface area contributed by atoms with E-state index in [9.17, 15) is 0 Å². The quantitative estimate of drug-likeness (QED) is 0.531. The summed E-state index contributed by atoms with van der Waals surface area (Å²) in [7, 11) is 0. The molecular weight excluding hydrogens is 156 g/mol. The molecular formula is C13H24. The van der Waals surface area contributed by atoms with E-state index in [1.807, 2.05) is 0 Å². The maximum Gasteiger partial charge on any atom is -0.0179 e. The molecule has 0 bridgehead atoms. The van der Waals surface area contributed by atoms with Gasteiger partial charge in [0.15, 0.2) is 0 Å². The van der Waals surface area contributed by atoms with Crippen molar-refractivity contribution in [1.82, 2.24) is 0 Å². The maximum atomic E-state index is 2.50. The largest absolute Gasteiger partial charge is 0.0776 e. The molecule has 0 aromatic heterocycles. The number of hydrogen-bond donors (Lipinski definition) is 0. The third kappa shape index (κ3) is 0.620. The molecule has 3 rings (SSSR count). The fourth-order valence-corrected chi connectivity index (χ4v) is 5.27. The van der Waals surface area contributed by atoms with Gasteiger partial charge in [0.25, 0.3) is 0 Å². The SMILES string of the molecule is C.CC1C(C)C23C(C)C(C)C2CC13. The molecule has 0 nitrogen and oxygen atoms in total. The van der Waals surface area contributed by atoms with Gasteiger partial charge < -0.3 is 0 Å². The Morgan fingerprint density at radius 1 is 0.846 bits per heavy atom. The Hall–Kier alpha value is 0. The normalized spacial score (nSPS) is 67.4. The third-order valence-electron chi connectivity index (χ3n) is 6.22. The molecule has 3 aliphatic rings. The molecule has 1 spiro atoms. The molecule has 13 heavy (non-hydrogen) atoms. The molecule has 3 fully saturated rings. The van der Waals surface area contributed by atoms with Crippen LogP contribution < -0.4 is 0 Å². The predicted molar refractivity (Wildman–Crippen MR) is 57.4 cm³/mol. The summed E-state index contributed by atoms with van der Waals surface area (Å²) >= 11 is 0. The molecule has 0 amide bonds. The Kier molecular flexibility index (Phi) is 1.71. The summed E-state index contributed by atoms with van der Waals surface area (Å²) in [5.74, 6) is 6.40. The topological polar surface area (TPSA) is 0 Å². The van der Waals surface area contributed by atoms with Crippen LogP contribution in [0, 0.1) is 40.9 Å². The molecule has 0 aromatic carbocycles. The molecule has 3 aliphatic carbocycles. The molecule has 0 saturated heterocycles. The lowest BCUT2D eigenvalue weighted by atomic mass is 9.21. The smallest absolute Gasteiger partial charge is 0.0179 e. The van der Waals surface area contributed by atoms with E-state index in [1.54, 1.807) is 6.42 Å². The van der Waals surface area contributed by atoms with Crippen LogP contribution in [0.5, 0.6) is 0 Å². The van der Waals surface area contributed by atoms with E-state index >= 15 is 0 Å². The molecule has 0 aliphatic heterocycles. The van der Waals surface area contributed by atoms with Gasteiger partial charge in [-0.2, -0.15) is 0 Å². The minimum absolute atomic E-state index is 0. The van der Waals surface area contributed by atoms with Gasteiger partial charge in [-0.05, 0) is 47.3 Å². The third-order valence-corrected chi connectivity index (χ3v) is 6.22. The molecule has 0 aromatic rings. The zero-order valence-corrected chi connectivity index (χ0v) is 8.67. The summed E-state index contributed by atoms with van der Waals surface area (Å²) in [6.07, 6.45) is 1.57. The van der Waals surface area contributed by atoms with E-state index in [0.29, 0.717) is 0 Å². The van der Waals surface area contributed by atoms with E-state index in [2.05, 4.69) is 27.7 Å². The number of hydrogen-bond acceptors (Lipinski definition) is 0. The van der Waals surface area contributed by atoms with Crippen molar-refractivity contribution in [3.63, 3.8) is 0 Å². The van der Waals surface area contributed by atoms with Gasteiger partial charge in [-0.3, -0.25) is 0 Å². The molecule has 0 heterocycles. The van der Waals surface area contributed by atoms with Crippen molar-refractivity contribution in [2.75, 3.05) is 0 Å². The second kappa shape index (κ2) is 2.32. The van der Waals surface area contributed by atoms with Gasteiger partial charge in [0.05, 0.1) is 0 Å². The van der Waals surface area contributed by atoms with Gasteiger partial charge in [-0.1, -0.05) is 35.1 Å². The van der Waals surface area contributed by atoms with Gasteiger partial charge >= 0.3 is 0 Å². The van der Waals surface area contributed by atoms with Gasteiger partial charge in [0.2, 0.25) is 0 Å². The Bertz CT molecular complexity index is 191. The first-order chi connectivity index (χ1) is 5.61. The average molecular weight is 180 g/mol. The second-order valence-electron chi connectivity index (χ2n) is 5.74. The van der Waals surface area contributed by atoms with Crippen LogP contribution in [-0.4, -0.2) is 0 Å². The summed E-state index contributed by atoms with van der Waals surface area (Å²) in [4.78, 5) is 0. The zero-order valence-electron chi connectivity index (χ0n) is 8.67. The second-order valence-corrected chi connectivity index (χ2v) is 5.74. The van der Waals surface area contributed by atoms with Crippen LogP contribution in [-0.2, 0) is 0 Å². The summed E-state index contributed by atoms with van der Waals surface area (Å²) in [5, 5.41) is 0. The van der Waals surface area contributed by atoms with Crippen molar-refractivity contribution in [3.8, 4) is 0 Å². The summed E-state index contributed by atoms with van der Waals surface area (Å²) in [6, 6.07) is 0. The lowest BCUT2D eigenvalue weighted by Gasteiger charge is -2.83. The molecule has 6 unspecified atom stereocenters. The average Bonchev–Trinajstić information content (AvgIpc) is 2.03. The number of rotatable bonds is 0. The fraction of sp³-hybridized carbons (Fsp3) is 1.00. The zero-order chi connectivity index (χ0) is 8.67. The van der Waals surface area contributed by atoms with Gasteiger partial charge in [0, 0.05) is 0 Å². The molecule has 6 atom stereocenters. The Labute approximate surface area is 83.1 Å². The Morgan fingerprint density at radius 2 is 1.23 bits per heavy atom. The predicted octanol–water partition coefficient (Wildman–Crippen LogP) is 3.82. The van der Waals surface area contributed by atoms with E-state index in [0.717, 1.165) is 40.9 Å². The van der Waals surface area contributed by atoms with E-state index in [4.69, 9.17) is 0 Å². The highest BCUT2D eigenvalue weighted by molar-refractivity contribution is 5.25. The first-order valence-electron chi connectivity index (χ1n) is 5.61. The van der Waals surface area contributed by atoms with E-state index in [-0.39, 0.29) is 7.43 Å². The summed E-state index contributed by atoms with van der Waals surface area (Å²) < 4.78 is 0. The van der Waals surface area contributed by atoms with Crippen LogP contribution in [0.25, 0.3) is 0 Å². The Balaban J connectivity index is 0.000000653. The van der Waals surface area contributed by atoms with Gasteiger partial charge in [0.1, 0.15) is 0 Å². The highest BCUT2D eigenvalue weighted by Gasteiger charge is 2.77. The Morgan fingerprint density at radius 3 is 1.54 bits per heavy atom. The van der Waals surface area contributed by atoms with Crippen LogP contribution in [0.1, 0.15) is 41.5 Å². The lowest BCUT2D eigenvalue weighted by molar-refractivity contribution is -0.356. The monoisotopic (exact) mass is 180 g/mol. The summed E-state index contributed by atoms with van der Waals surface area (Å²) in [6.45, 7) is 9.92. The van der Waals surface area contributed by atoms with E-state index in [1.165, 1.54) is 0 Å². The van der Waals surface area contributed by atoms with Crippen LogP contribution in [0.15, 0.2) is 0 Å². The first-order valence-corrected chi connectivity index (χ1v) is 5.61. The van der Waals surface area contributed by atoms with Crippen LogP contribution >= 0.6 is 0 Å². The molecule has 3 saturated carbocycles. The standard InChI is InChI=1S/C12H20.CH4/c1-6-8(3)12-9(4)7(2)11(12)5-10(6)12;/h6-11H,5H2,1-4H3;1H4. The molecule has 0 radical (unpaired) electrons. The maximum absolute atomic E-state index is 2.50. The fourth-order valence-electron chi connectivity index (χ4n) is 5.27. The molecule has 76 valence electrons. The van der Waals surface area contributed by atoms with Gasteiger partial charge in [-0.15, -0.1) is 0 Å². The minimum Gasteiger partial charge on any atom is -0.0776 e. The lowest BCUT2D eigenvalue weighted by Crippen LogP contribution is -2.78.